The highest BCUT2D eigenvalue weighted by atomic mass is 35.5. The number of rotatable bonds is 5. The Kier molecular flexibility index (Phi) is 6.12. The smallest absolute Gasteiger partial charge is 0.277 e. The molecule has 2 aromatic carbocycles. The Hall–Kier alpha value is -2.11. The average Bonchev–Trinajstić information content (AvgIpc) is 2.67. The summed E-state index contributed by atoms with van der Waals surface area (Å²) in [5.74, 6) is -0.0867. The molecular weight excluding hydrogens is 353 g/mol. The maximum Gasteiger partial charge on any atom is 0.277 e. The monoisotopic (exact) mass is 376 g/mol. The van der Waals surface area contributed by atoms with Gasteiger partial charge in [0, 0.05) is 36.8 Å². The quantitative estimate of drug-likeness (QED) is 0.870. The van der Waals surface area contributed by atoms with Crippen LogP contribution in [0, 0.1) is 5.82 Å². The van der Waals surface area contributed by atoms with Crippen LogP contribution in [0.3, 0.4) is 0 Å². The van der Waals surface area contributed by atoms with Crippen molar-refractivity contribution in [3.05, 3.63) is 64.9 Å². The van der Waals surface area contributed by atoms with Crippen LogP contribution in [0.4, 0.5) is 10.1 Å². The van der Waals surface area contributed by atoms with Gasteiger partial charge >= 0.3 is 0 Å². The molecule has 26 heavy (non-hydrogen) atoms. The third kappa shape index (κ3) is 4.54. The van der Waals surface area contributed by atoms with Gasteiger partial charge in [-0.3, -0.25) is 4.79 Å². The molecule has 1 aliphatic rings. The Morgan fingerprint density at radius 1 is 1.12 bits per heavy atom. The molecule has 0 saturated carbocycles. The van der Waals surface area contributed by atoms with Crippen LogP contribution < -0.4 is 10.2 Å². The summed E-state index contributed by atoms with van der Waals surface area (Å²) >= 11 is 5.91. The zero-order chi connectivity index (χ0) is 18.5. The SMILES string of the molecule is C[C@H]([NH2+]CC(=O)N1CCN(c2ccccc2F)CC1)c1ccc(Cl)cc1. The van der Waals surface area contributed by atoms with E-state index in [1.165, 1.54) is 6.07 Å². The number of para-hydroxylation sites is 1. The zero-order valence-electron chi connectivity index (χ0n) is 14.9. The van der Waals surface area contributed by atoms with Gasteiger partial charge in [0.05, 0.1) is 5.69 Å². The van der Waals surface area contributed by atoms with Crippen LogP contribution >= 0.6 is 11.6 Å². The van der Waals surface area contributed by atoms with Gasteiger partial charge in [0.2, 0.25) is 0 Å². The van der Waals surface area contributed by atoms with Crippen molar-refractivity contribution in [2.24, 2.45) is 0 Å². The molecule has 2 aromatic rings. The van der Waals surface area contributed by atoms with Crippen LogP contribution in [0.2, 0.25) is 5.02 Å². The van der Waals surface area contributed by atoms with E-state index in [4.69, 9.17) is 11.6 Å². The van der Waals surface area contributed by atoms with Crippen molar-refractivity contribution in [3.63, 3.8) is 0 Å². The number of hydrogen-bond acceptors (Lipinski definition) is 2. The lowest BCUT2D eigenvalue weighted by Gasteiger charge is -2.36. The number of halogens is 2. The second-order valence-electron chi connectivity index (χ2n) is 6.60. The Morgan fingerprint density at radius 2 is 1.77 bits per heavy atom. The Labute approximate surface area is 158 Å². The van der Waals surface area contributed by atoms with E-state index in [2.05, 4.69) is 6.92 Å². The molecule has 3 rings (SSSR count). The first-order chi connectivity index (χ1) is 12.5. The molecule has 2 N–H and O–H groups in total. The number of piperazine rings is 1. The van der Waals surface area contributed by atoms with Crippen LogP contribution in [-0.2, 0) is 4.79 Å². The molecule has 6 heteroatoms. The maximum absolute atomic E-state index is 13.9. The van der Waals surface area contributed by atoms with Gasteiger partial charge in [-0.05, 0) is 31.2 Å². The normalized spacial score (nSPS) is 15.8. The highest BCUT2D eigenvalue weighted by Gasteiger charge is 2.24. The van der Waals surface area contributed by atoms with E-state index < -0.39 is 0 Å². The minimum absolute atomic E-state index is 0.124. The molecule has 1 amide bonds. The number of amides is 1. The van der Waals surface area contributed by atoms with Crippen molar-refractivity contribution in [2.75, 3.05) is 37.6 Å². The first-order valence-corrected chi connectivity index (χ1v) is 9.28. The lowest BCUT2D eigenvalue weighted by atomic mass is 10.1. The molecule has 0 radical (unpaired) electrons. The number of anilines is 1. The summed E-state index contributed by atoms with van der Waals surface area (Å²) in [6, 6.07) is 14.7. The minimum Gasteiger partial charge on any atom is -0.366 e. The second-order valence-corrected chi connectivity index (χ2v) is 7.04. The van der Waals surface area contributed by atoms with Crippen molar-refractivity contribution >= 4 is 23.2 Å². The standard InChI is InChI=1S/C20H23ClFN3O/c1-15(16-6-8-17(21)9-7-16)23-14-20(26)25-12-10-24(11-13-25)19-5-3-2-4-18(19)22/h2-9,15,23H,10-14H2,1H3/p+1/t15-/m0/s1. The van der Waals surface area contributed by atoms with Crippen LogP contribution in [-0.4, -0.2) is 43.5 Å². The number of carbonyl (C=O) groups excluding carboxylic acids is 1. The number of nitrogens with zero attached hydrogens (tertiary/aromatic N) is 2. The molecule has 0 aliphatic carbocycles. The summed E-state index contributed by atoms with van der Waals surface area (Å²) < 4.78 is 13.9. The minimum atomic E-state index is -0.211. The zero-order valence-corrected chi connectivity index (χ0v) is 15.6. The van der Waals surface area contributed by atoms with Gasteiger partial charge in [-0.25, -0.2) is 4.39 Å². The fourth-order valence-electron chi connectivity index (χ4n) is 3.21. The van der Waals surface area contributed by atoms with Crippen LogP contribution in [0.1, 0.15) is 18.5 Å². The summed E-state index contributed by atoms with van der Waals surface area (Å²) in [4.78, 5) is 16.3. The molecule has 1 atom stereocenters. The lowest BCUT2D eigenvalue weighted by Crippen LogP contribution is -2.87. The Morgan fingerprint density at radius 3 is 2.42 bits per heavy atom. The second kappa shape index (κ2) is 8.52. The third-order valence-electron chi connectivity index (χ3n) is 4.87. The molecule has 1 saturated heterocycles. The van der Waals surface area contributed by atoms with Gasteiger partial charge in [0.1, 0.15) is 11.9 Å². The van der Waals surface area contributed by atoms with Gasteiger partial charge in [-0.15, -0.1) is 0 Å². The van der Waals surface area contributed by atoms with Crippen molar-refractivity contribution in [1.29, 1.82) is 0 Å². The highest BCUT2D eigenvalue weighted by Crippen LogP contribution is 2.20. The lowest BCUT2D eigenvalue weighted by molar-refractivity contribution is -0.683. The van der Waals surface area contributed by atoms with Crippen LogP contribution in [0.25, 0.3) is 0 Å². The molecule has 1 aliphatic heterocycles. The largest absolute Gasteiger partial charge is 0.366 e. The van der Waals surface area contributed by atoms with Crippen LogP contribution in [0.15, 0.2) is 48.5 Å². The van der Waals surface area contributed by atoms with Gasteiger partial charge < -0.3 is 15.1 Å². The van der Waals surface area contributed by atoms with E-state index >= 15 is 0 Å². The number of hydrogen-bond donors (Lipinski definition) is 1. The molecule has 0 unspecified atom stereocenters. The fraction of sp³-hybridized carbons (Fsp3) is 0.350. The first kappa shape index (κ1) is 18.7. The predicted molar refractivity (Wildman–Crippen MR) is 102 cm³/mol. The summed E-state index contributed by atoms with van der Waals surface area (Å²) in [7, 11) is 0. The van der Waals surface area contributed by atoms with Gasteiger partial charge in [0.15, 0.2) is 6.54 Å². The molecule has 0 spiro atoms. The van der Waals surface area contributed by atoms with E-state index in [0.717, 1.165) is 5.56 Å². The summed E-state index contributed by atoms with van der Waals surface area (Å²) in [6.07, 6.45) is 0. The molecular formula is C20H24ClFN3O+. The first-order valence-electron chi connectivity index (χ1n) is 8.90. The van der Waals surface area contributed by atoms with Crippen molar-refractivity contribution in [2.45, 2.75) is 13.0 Å². The number of quaternary nitrogens is 1. The molecule has 0 bridgehead atoms. The molecule has 4 nitrogen and oxygen atoms in total. The van der Waals surface area contributed by atoms with Crippen molar-refractivity contribution in [1.82, 2.24) is 4.90 Å². The topological polar surface area (TPSA) is 40.2 Å². The fourth-order valence-corrected chi connectivity index (χ4v) is 3.34. The van der Waals surface area contributed by atoms with Crippen molar-refractivity contribution < 1.29 is 14.5 Å². The summed E-state index contributed by atoms with van der Waals surface area (Å²) in [5.41, 5.74) is 1.76. The van der Waals surface area contributed by atoms with Crippen LogP contribution in [0.5, 0.6) is 0 Å². The molecule has 0 aromatic heterocycles. The van der Waals surface area contributed by atoms with Gasteiger partial charge in [-0.1, -0.05) is 35.9 Å². The average molecular weight is 377 g/mol. The molecule has 1 fully saturated rings. The van der Waals surface area contributed by atoms with Crippen molar-refractivity contribution in [3.8, 4) is 0 Å². The third-order valence-corrected chi connectivity index (χ3v) is 5.12. The van der Waals surface area contributed by atoms with E-state index in [0.29, 0.717) is 43.4 Å². The summed E-state index contributed by atoms with van der Waals surface area (Å²) in [5, 5.41) is 2.75. The number of carbonyl (C=O) groups is 1. The van der Waals surface area contributed by atoms with Gasteiger partial charge in [0.25, 0.3) is 5.91 Å². The van der Waals surface area contributed by atoms with E-state index in [1.54, 1.807) is 12.1 Å². The van der Waals surface area contributed by atoms with E-state index in [9.17, 15) is 9.18 Å². The number of nitrogens with two attached hydrogens (primary N) is 1. The molecule has 138 valence electrons. The van der Waals surface area contributed by atoms with E-state index in [-0.39, 0.29) is 17.8 Å². The Balaban J connectivity index is 1.48. The van der Waals surface area contributed by atoms with Gasteiger partial charge in [-0.2, -0.15) is 0 Å². The Bertz CT molecular complexity index is 745. The number of benzene rings is 2. The molecule has 1 heterocycles. The maximum atomic E-state index is 13.9. The van der Waals surface area contributed by atoms with E-state index in [1.807, 2.05) is 45.4 Å². The highest BCUT2D eigenvalue weighted by molar-refractivity contribution is 6.30. The summed E-state index contributed by atoms with van der Waals surface area (Å²) in [6.45, 7) is 5.03. The predicted octanol–water partition coefficient (Wildman–Crippen LogP) is 2.45.